The van der Waals surface area contributed by atoms with Crippen LogP contribution < -0.4 is 4.74 Å². The van der Waals surface area contributed by atoms with Crippen LogP contribution in [0.2, 0.25) is 5.02 Å². The van der Waals surface area contributed by atoms with Gasteiger partial charge in [0.15, 0.2) is 0 Å². The molecule has 0 spiro atoms. The van der Waals surface area contributed by atoms with Crippen LogP contribution in [0.4, 0.5) is 0 Å². The van der Waals surface area contributed by atoms with Crippen LogP contribution >= 0.6 is 22.3 Å². The molecule has 2 aromatic rings. The Kier molecular flexibility index (Phi) is 4.34. The topological polar surface area (TPSA) is 43.4 Å². The summed E-state index contributed by atoms with van der Waals surface area (Å²) in [5.41, 5.74) is 0.859. The molecule has 0 fully saturated rings. The van der Waals surface area contributed by atoms with E-state index in [0.29, 0.717) is 17.4 Å². The van der Waals surface area contributed by atoms with Crippen molar-refractivity contribution in [2.45, 2.75) is 11.5 Å². The first-order valence-corrected chi connectivity index (χ1v) is 8.06. The minimum atomic E-state index is -3.70. The molecule has 2 aromatic carbocycles. The summed E-state index contributed by atoms with van der Waals surface area (Å²) in [5.74, 6) is 0.545. The van der Waals surface area contributed by atoms with E-state index in [0.717, 1.165) is 5.56 Å². The summed E-state index contributed by atoms with van der Waals surface area (Å²) in [4.78, 5) is 0.0410. The lowest BCUT2D eigenvalue weighted by Crippen LogP contribution is -1.97. The van der Waals surface area contributed by atoms with Crippen molar-refractivity contribution in [1.82, 2.24) is 0 Å². The third-order valence-corrected chi connectivity index (χ3v) is 4.20. The monoisotopic (exact) mass is 316 g/mol. The molecule has 3 nitrogen and oxygen atoms in total. The zero-order chi connectivity index (χ0) is 13.9. The number of hydrogen-bond acceptors (Lipinski definition) is 3. The van der Waals surface area contributed by atoms with Crippen LogP contribution in [0.25, 0.3) is 0 Å². The summed E-state index contributed by atoms with van der Waals surface area (Å²) < 4.78 is 27.7. The molecule has 6 heteroatoms. The number of halogens is 2. The van der Waals surface area contributed by atoms with Crippen molar-refractivity contribution in [2.75, 3.05) is 0 Å². The van der Waals surface area contributed by atoms with Crippen molar-refractivity contribution in [3.63, 3.8) is 0 Å². The summed E-state index contributed by atoms with van der Waals surface area (Å²) in [6, 6.07) is 13.2. The maximum Gasteiger partial charge on any atom is 0.261 e. The fourth-order valence-corrected chi connectivity index (χ4v) is 2.44. The average Bonchev–Trinajstić information content (AvgIpc) is 2.37. The number of benzene rings is 2. The van der Waals surface area contributed by atoms with Gasteiger partial charge in [0.25, 0.3) is 9.05 Å². The van der Waals surface area contributed by atoms with Crippen LogP contribution in [0.1, 0.15) is 5.56 Å². The van der Waals surface area contributed by atoms with Gasteiger partial charge in [0.05, 0.1) is 4.90 Å². The first kappa shape index (κ1) is 14.2. The molecule has 0 radical (unpaired) electrons. The van der Waals surface area contributed by atoms with E-state index in [1.165, 1.54) is 12.1 Å². The minimum absolute atomic E-state index is 0.0410. The van der Waals surface area contributed by atoms with Gasteiger partial charge in [-0.05, 0) is 30.3 Å². The first-order valence-electron chi connectivity index (χ1n) is 5.38. The van der Waals surface area contributed by atoms with Gasteiger partial charge in [-0.25, -0.2) is 8.42 Å². The van der Waals surface area contributed by atoms with Crippen molar-refractivity contribution >= 4 is 31.3 Å². The van der Waals surface area contributed by atoms with Crippen LogP contribution in [0.3, 0.4) is 0 Å². The SMILES string of the molecule is O=S(=O)(Cl)c1ccc(OCc2ccccc2Cl)cc1. The second-order valence-corrected chi connectivity index (χ2v) is 6.76. The van der Waals surface area contributed by atoms with Gasteiger partial charge in [-0.1, -0.05) is 29.8 Å². The molecule has 0 amide bonds. The summed E-state index contributed by atoms with van der Waals surface area (Å²) in [6.45, 7) is 0.312. The smallest absolute Gasteiger partial charge is 0.261 e. The number of rotatable bonds is 4. The molecule has 100 valence electrons. The van der Waals surface area contributed by atoms with Gasteiger partial charge in [0.2, 0.25) is 0 Å². The fourth-order valence-electron chi connectivity index (χ4n) is 1.47. The Bertz CT molecular complexity index is 667. The highest BCUT2D eigenvalue weighted by atomic mass is 35.7. The lowest BCUT2D eigenvalue weighted by atomic mass is 10.2. The zero-order valence-corrected chi connectivity index (χ0v) is 12.0. The van der Waals surface area contributed by atoms with Gasteiger partial charge in [-0.15, -0.1) is 0 Å². The van der Waals surface area contributed by atoms with E-state index in [1.54, 1.807) is 18.2 Å². The molecular weight excluding hydrogens is 307 g/mol. The zero-order valence-electron chi connectivity index (χ0n) is 9.71. The van der Waals surface area contributed by atoms with Crippen LogP contribution in [0.5, 0.6) is 5.75 Å². The Morgan fingerprint density at radius 2 is 1.63 bits per heavy atom. The molecule has 0 unspecified atom stereocenters. The summed E-state index contributed by atoms with van der Waals surface area (Å²) in [7, 11) is 1.52. The third kappa shape index (κ3) is 3.86. The Morgan fingerprint density at radius 1 is 1.00 bits per heavy atom. The van der Waals surface area contributed by atoms with E-state index < -0.39 is 9.05 Å². The van der Waals surface area contributed by atoms with E-state index in [2.05, 4.69) is 0 Å². The summed E-state index contributed by atoms with van der Waals surface area (Å²) in [6.07, 6.45) is 0. The minimum Gasteiger partial charge on any atom is -0.489 e. The van der Waals surface area contributed by atoms with Gasteiger partial charge in [0, 0.05) is 21.3 Å². The lowest BCUT2D eigenvalue weighted by molar-refractivity contribution is 0.306. The van der Waals surface area contributed by atoms with E-state index in [9.17, 15) is 8.42 Å². The molecule has 0 aliphatic heterocycles. The molecule has 0 aliphatic carbocycles. The number of hydrogen-bond donors (Lipinski definition) is 0. The summed E-state index contributed by atoms with van der Waals surface area (Å²) >= 11 is 6.00. The van der Waals surface area contributed by atoms with Gasteiger partial charge < -0.3 is 4.74 Å². The highest BCUT2D eigenvalue weighted by molar-refractivity contribution is 8.13. The maximum absolute atomic E-state index is 11.1. The highest BCUT2D eigenvalue weighted by Gasteiger charge is 2.09. The van der Waals surface area contributed by atoms with E-state index in [-0.39, 0.29) is 4.90 Å². The van der Waals surface area contributed by atoms with Crippen LogP contribution in [0, 0.1) is 0 Å². The molecule has 19 heavy (non-hydrogen) atoms. The van der Waals surface area contributed by atoms with Gasteiger partial charge in [-0.3, -0.25) is 0 Å². The number of ether oxygens (including phenoxy) is 1. The molecule has 0 aromatic heterocycles. The van der Waals surface area contributed by atoms with Crippen LogP contribution in [-0.2, 0) is 15.7 Å². The van der Waals surface area contributed by atoms with Crippen molar-refractivity contribution in [3.8, 4) is 5.75 Å². The predicted molar refractivity (Wildman–Crippen MR) is 75.3 cm³/mol. The molecule has 0 atom stereocenters. The second kappa shape index (κ2) is 5.82. The van der Waals surface area contributed by atoms with Crippen LogP contribution in [0.15, 0.2) is 53.4 Å². The second-order valence-electron chi connectivity index (χ2n) is 3.79. The molecule has 0 N–H and O–H groups in total. The quantitative estimate of drug-likeness (QED) is 0.805. The fraction of sp³-hybridized carbons (Fsp3) is 0.0769. The average molecular weight is 317 g/mol. The van der Waals surface area contributed by atoms with Crippen molar-refractivity contribution in [1.29, 1.82) is 0 Å². The van der Waals surface area contributed by atoms with E-state index in [1.807, 2.05) is 18.2 Å². The lowest BCUT2D eigenvalue weighted by Gasteiger charge is -2.07. The van der Waals surface area contributed by atoms with Crippen molar-refractivity contribution in [2.24, 2.45) is 0 Å². The molecule has 0 saturated heterocycles. The molecule has 0 aliphatic rings. The Morgan fingerprint density at radius 3 is 2.21 bits per heavy atom. The predicted octanol–water partition coefficient (Wildman–Crippen LogP) is 3.85. The van der Waals surface area contributed by atoms with Crippen LogP contribution in [-0.4, -0.2) is 8.42 Å². The molecule has 0 saturated carbocycles. The van der Waals surface area contributed by atoms with E-state index >= 15 is 0 Å². The van der Waals surface area contributed by atoms with Crippen molar-refractivity contribution < 1.29 is 13.2 Å². The molecule has 2 rings (SSSR count). The van der Waals surface area contributed by atoms with Gasteiger partial charge >= 0.3 is 0 Å². The molecule has 0 bridgehead atoms. The summed E-state index contributed by atoms with van der Waals surface area (Å²) in [5, 5.41) is 0.627. The normalized spacial score (nSPS) is 11.3. The van der Waals surface area contributed by atoms with Gasteiger partial charge in [0.1, 0.15) is 12.4 Å². The van der Waals surface area contributed by atoms with E-state index in [4.69, 9.17) is 27.0 Å². The van der Waals surface area contributed by atoms with Gasteiger partial charge in [-0.2, -0.15) is 0 Å². The first-order chi connectivity index (χ1) is 8.97. The Labute approximate surface area is 121 Å². The molecular formula is C13H10Cl2O3S. The largest absolute Gasteiger partial charge is 0.489 e. The maximum atomic E-state index is 11.1. The standard InChI is InChI=1S/C13H10Cl2O3S/c14-13-4-2-1-3-10(13)9-18-11-5-7-12(8-6-11)19(15,16)17/h1-8H,9H2. The highest BCUT2D eigenvalue weighted by Crippen LogP contribution is 2.21. The Hall–Kier alpha value is -1.23. The third-order valence-electron chi connectivity index (χ3n) is 2.46. The van der Waals surface area contributed by atoms with Crippen molar-refractivity contribution in [3.05, 3.63) is 59.1 Å². The Balaban J connectivity index is 2.07. The molecule has 0 heterocycles.